The first-order valence-electron chi connectivity index (χ1n) is 4.80. The van der Waals surface area contributed by atoms with Crippen LogP contribution in [0.5, 0.6) is 0 Å². The Balaban J connectivity index is 2.75. The van der Waals surface area contributed by atoms with Gasteiger partial charge in [0.1, 0.15) is 5.82 Å². The molecule has 0 aromatic heterocycles. The third-order valence-electron chi connectivity index (χ3n) is 1.89. The molecule has 4 nitrogen and oxygen atoms in total. The summed E-state index contributed by atoms with van der Waals surface area (Å²) in [7, 11) is 0. The molecule has 0 saturated carbocycles. The van der Waals surface area contributed by atoms with E-state index in [1.807, 2.05) is 0 Å². The van der Waals surface area contributed by atoms with Crippen molar-refractivity contribution < 1.29 is 19.1 Å². The lowest BCUT2D eigenvalue weighted by molar-refractivity contribution is -0.135. The monoisotopic (exact) mass is 225 g/mol. The fourth-order valence-electron chi connectivity index (χ4n) is 1.20. The molecule has 0 radical (unpaired) electrons. The number of nitrogens with zero attached hydrogens (tertiary/aromatic N) is 1. The number of esters is 1. The second-order valence-electron chi connectivity index (χ2n) is 3.07. The predicted molar refractivity (Wildman–Crippen MR) is 56.0 cm³/mol. The lowest BCUT2D eigenvalue weighted by atomic mass is 10.1. The summed E-state index contributed by atoms with van der Waals surface area (Å²) in [6.07, 6.45) is 0.0348. The van der Waals surface area contributed by atoms with E-state index in [1.54, 1.807) is 13.0 Å². The molecule has 0 spiro atoms. The van der Waals surface area contributed by atoms with Gasteiger partial charge in [-0.2, -0.15) is 0 Å². The second kappa shape index (κ2) is 5.85. The molecule has 0 bridgehead atoms. The summed E-state index contributed by atoms with van der Waals surface area (Å²) in [5.74, 6) is -1.10. The average Bonchev–Trinajstić information content (AvgIpc) is 2.26. The molecule has 1 aromatic carbocycles. The first kappa shape index (κ1) is 12.2. The van der Waals surface area contributed by atoms with Crippen molar-refractivity contribution in [2.24, 2.45) is 5.16 Å². The minimum Gasteiger partial charge on any atom is -0.461 e. The van der Waals surface area contributed by atoms with Gasteiger partial charge in [0.25, 0.3) is 0 Å². The van der Waals surface area contributed by atoms with E-state index in [1.165, 1.54) is 18.2 Å². The summed E-state index contributed by atoms with van der Waals surface area (Å²) in [6.45, 7) is 1.84. The molecule has 0 saturated heterocycles. The van der Waals surface area contributed by atoms with Gasteiger partial charge in [0, 0.05) is 6.42 Å². The molecule has 86 valence electrons. The van der Waals surface area contributed by atoms with Crippen molar-refractivity contribution in [1.29, 1.82) is 0 Å². The first-order chi connectivity index (χ1) is 7.67. The standard InChI is InChI=1S/C11H12FNO3/c1-2-16-11(14)10(13-15)7-8-4-3-5-9(12)6-8/h3-6,15H,2,7H2,1H3/b13-10-. The molecule has 0 atom stereocenters. The van der Waals surface area contributed by atoms with Crippen LogP contribution in [0.4, 0.5) is 4.39 Å². The van der Waals surface area contributed by atoms with Crippen molar-refractivity contribution in [3.63, 3.8) is 0 Å². The Bertz CT molecular complexity index is 404. The third kappa shape index (κ3) is 3.34. The number of carbonyl (C=O) groups is 1. The van der Waals surface area contributed by atoms with Gasteiger partial charge in [-0.1, -0.05) is 17.3 Å². The summed E-state index contributed by atoms with van der Waals surface area (Å²) in [5, 5.41) is 11.5. The molecule has 0 aliphatic rings. The Kier molecular flexibility index (Phi) is 4.44. The van der Waals surface area contributed by atoms with E-state index < -0.39 is 11.8 Å². The highest BCUT2D eigenvalue weighted by Gasteiger charge is 2.14. The number of ether oxygens (including phenoxy) is 1. The maximum atomic E-state index is 12.9. The van der Waals surface area contributed by atoms with E-state index in [0.29, 0.717) is 5.56 Å². The SMILES string of the molecule is CCOC(=O)/C(Cc1cccc(F)c1)=N\O. The second-order valence-corrected chi connectivity index (χ2v) is 3.07. The molecule has 0 fully saturated rings. The van der Waals surface area contributed by atoms with E-state index in [9.17, 15) is 9.18 Å². The summed E-state index contributed by atoms with van der Waals surface area (Å²) in [5.41, 5.74) is 0.397. The average molecular weight is 225 g/mol. The van der Waals surface area contributed by atoms with E-state index in [2.05, 4.69) is 9.89 Å². The van der Waals surface area contributed by atoms with Crippen LogP contribution in [0.15, 0.2) is 29.4 Å². The zero-order chi connectivity index (χ0) is 12.0. The van der Waals surface area contributed by atoms with Crippen LogP contribution in [-0.4, -0.2) is 23.5 Å². The fraction of sp³-hybridized carbons (Fsp3) is 0.273. The lowest BCUT2D eigenvalue weighted by Crippen LogP contribution is -2.20. The van der Waals surface area contributed by atoms with Crippen LogP contribution in [0.2, 0.25) is 0 Å². The van der Waals surface area contributed by atoms with Crippen LogP contribution in [0.3, 0.4) is 0 Å². The van der Waals surface area contributed by atoms with Crippen LogP contribution < -0.4 is 0 Å². The van der Waals surface area contributed by atoms with Crippen molar-refractivity contribution in [3.05, 3.63) is 35.6 Å². The van der Waals surface area contributed by atoms with Crippen LogP contribution in [0.1, 0.15) is 12.5 Å². The molecule has 1 N–H and O–H groups in total. The Morgan fingerprint density at radius 3 is 2.88 bits per heavy atom. The number of carbonyl (C=O) groups excluding carboxylic acids is 1. The lowest BCUT2D eigenvalue weighted by Gasteiger charge is -2.04. The summed E-state index contributed by atoms with van der Waals surface area (Å²) < 4.78 is 17.5. The van der Waals surface area contributed by atoms with Crippen molar-refractivity contribution >= 4 is 11.7 Å². The Morgan fingerprint density at radius 2 is 2.31 bits per heavy atom. The van der Waals surface area contributed by atoms with Gasteiger partial charge in [-0.25, -0.2) is 9.18 Å². The molecule has 1 rings (SSSR count). The van der Waals surface area contributed by atoms with Gasteiger partial charge >= 0.3 is 5.97 Å². The highest BCUT2D eigenvalue weighted by molar-refractivity contribution is 6.36. The molecular weight excluding hydrogens is 213 g/mol. The number of hydrogen-bond donors (Lipinski definition) is 1. The molecular formula is C11H12FNO3. The normalized spacial score (nSPS) is 11.2. The number of benzene rings is 1. The molecule has 1 aromatic rings. The Morgan fingerprint density at radius 1 is 1.56 bits per heavy atom. The highest BCUT2D eigenvalue weighted by Crippen LogP contribution is 2.05. The molecule has 0 aliphatic heterocycles. The molecule has 0 unspecified atom stereocenters. The van der Waals surface area contributed by atoms with Crippen LogP contribution >= 0.6 is 0 Å². The fourth-order valence-corrected chi connectivity index (χ4v) is 1.20. The first-order valence-corrected chi connectivity index (χ1v) is 4.80. The molecule has 0 amide bonds. The zero-order valence-electron chi connectivity index (χ0n) is 8.81. The smallest absolute Gasteiger partial charge is 0.356 e. The number of rotatable bonds is 4. The summed E-state index contributed by atoms with van der Waals surface area (Å²) in [6, 6.07) is 5.71. The van der Waals surface area contributed by atoms with Crippen molar-refractivity contribution in [3.8, 4) is 0 Å². The molecule has 0 heterocycles. The van der Waals surface area contributed by atoms with E-state index in [4.69, 9.17) is 5.21 Å². The minimum atomic E-state index is -0.700. The quantitative estimate of drug-likeness (QED) is 0.367. The van der Waals surface area contributed by atoms with E-state index in [0.717, 1.165) is 0 Å². The maximum Gasteiger partial charge on any atom is 0.356 e. The summed E-state index contributed by atoms with van der Waals surface area (Å²) >= 11 is 0. The van der Waals surface area contributed by atoms with Gasteiger partial charge in [0.2, 0.25) is 0 Å². The molecule has 16 heavy (non-hydrogen) atoms. The van der Waals surface area contributed by atoms with Gasteiger partial charge in [-0.05, 0) is 24.6 Å². The van der Waals surface area contributed by atoms with E-state index in [-0.39, 0.29) is 18.7 Å². The number of halogens is 1. The molecule has 5 heteroatoms. The predicted octanol–water partition coefficient (Wildman–Crippen LogP) is 1.76. The van der Waals surface area contributed by atoms with Gasteiger partial charge in [0.05, 0.1) is 6.61 Å². The van der Waals surface area contributed by atoms with Crippen LogP contribution in [0.25, 0.3) is 0 Å². The van der Waals surface area contributed by atoms with Gasteiger partial charge in [-0.3, -0.25) is 0 Å². The van der Waals surface area contributed by atoms with Gasteiger partial charge < -0.3 is 9.94 Å². The number of oxime groups is 1. The van der Waals surface area contributed by atoms with Crippen molar-refractivity contribution in [1.82, 2.24) is 0 Å². The maximum absolute atomic E-state index is 12.9. The van der Waals surface area contributed by atoms with Gasteiger partial charge in [-0.15, -0.1) is 0 Å². The van der Waals surface area contributed by atoms with Crippen molar-refractivity contribution in [2.45, 2.75) is 13.3 Å². The number of hydrogen-bond acceptors (Lipinski definition) is 4. The summed E-state index contributed by atoms with van der Waals surface area (Å²) in [4.78, 5) is 11.3. The van der Waals surface area contributed by atoms with Crippen molar-refractivity contribution in [2.75, 3.05) is 6.61 Å². The van der Waals surface area contributed by atoms with Gasteiger partial charge in [0.15, 0.2) is 5.71 Å². The largest absolute Gasteiger partial charge is 0.461 e. The zero-order valence-corrected chi connectivity index (χ0v) is 8.81. The molecule has 0 aliphatic carbocycles. The Hall–Kier alpha value is -1.91. The van der Waals surface area contributed by atoms with Crippen LogP contribution in [-0.2, 0) is 16.0 Å². The Labute approximate surface area is 92.3 Å². The van der Waals surface area contributed by atoms with E-state index >= 15 is 0 Å². The minimum absolute atomic E-state index is 0.0348. The highest BCUT2D eigenvalue weighted by atomic mass is 19.1. The topological polar surface area (TPSA) is 58.9 Å². The third-order valence-corrected chi connectivity index (χ3v) is 1.89. The van der Waals surface area contributed by atoms with Crippen LogP contribution in [0, 0.1) is 5.82 Å².